The molecule has 0 aromatic carbocycles. The number of nitrogens with one attached hydrogen (secondary N) is 1. The maximum absolute atomic E-state index is 12.4. The van der Waals surface area contributed by atoms with Gasteiger partial charge in [-0.15, -0.1) is 0 Å². The third-order valence-electron chi connectivity index (χ3n) is 4.42. The van der Waals surface area contributed by atoms with Crippen LogP contribution in [0.2, 0.25) is 0 Å². The minimum absolute atomic E-state index is 0.164. The monoisotopic (exact) mass is 289 g/mol. The van der Waals surface area contributed by atoms with Crippen molar-refractivity contribution in [3.63, 3.8) is 0 Å². The summed E-state index contributed by atoms with van der Waals surface area (Å²) in [6, 6.07) is 0.568. The Morgan fingerprint density at radius 3 is 2.58 bits per heavy atom. The zero-order valence-electron chi connectivity index (χ0n) is 12.1. The molecule has 2 unspecified atom stereocenters. The molecule has 0 spiro atoms. The maximum Gasteiger partial charge on any atom is 0.215 e. The van der Waals surface area contributed by atoms with Gasteiger partial charge in [-0.1, -0.05) is 13.8 Å². The molecule has 0 amide bonds. The Balaban J connectivity index is 1.91. The van der Waals surface area contributed by atoms with Crippen molar-refractivity contribution in [1.82, 2.24) is 14.5 Å². The van der Waals surface area contributed by atoms with Crippen molar-refractivity contribution in [3.05, 3.63) is 0 Å². The van der Waals surface area contributed by atoms with Gasteiger partial charge in [-0.3, -0.25) is 4.90 Å². The van der Waals surface area contributed by atoms with Gasteiger partial charge in [0.25, 0.3) is 0 Å². The highest BCUT2D eigenvalue weighted by atomic mass is 32.2. The number of hydrogen-bond acceptors (Lipinski definition) is 4. The lowest BCUT2D eigenvalue weighted by Gasteiger charge is -2.26. The summed E-state index contributed by atoms with van der Waals surface area (Å²) in [6.45, 7) is 8.61. The first-order chi connectivity index (χ1) is 9.06. The van der Waals surface area contributed by atoms with Gasteiger partial charge in [0.2, 0.25) is 10.0 Å². The van der Waals surface area contributed by atoms with Gasteiger partial charge in [-0.25, -0.2) is 12.7 Å². The van der Waals surface area contributed by atoms with Crippen molar-refractivity contribution in [1.29, 1.82) is 0 Å². The standard InChI is InChI=1S/C13H27N3O2S/c1-3-15(4-2)13-7-9-16(10-13)19(17,18)11-12-6-5-8-14-12/h12-14H,3-11H2,1-2H3. The van der Waals surface area contributed by atoms with E-state index in [2.05, 4.69) is 24.1 Å². The van der Waals surface area contributed by atoms with E-state index in [0.29, 0.717) is 19.1 Å². The minimum atomic E-state index is -3.08. The normalized spacial score (nSPS) is 29.4. The first-order valence-electron chi connectivity index (χ1n) is 7.52. The molecule has 0 radical (unpaired) electrons. The van der Waals surface area contributed by atoms with E-state index in [1.807, 2.05) is 0 Å². The highest BCUT2D eigenvalue weighted by Gasteiger charge is 2.35. The summed E-state index contributed by atoms with van der Waals surface area (Å²) >= 11 is 0. The Morgan fingerprint density at radius 2 is 2.00 bits per heavy atom. The van der Waals surface area contributed by atoms with Crippen LogP contribution in [0.4, 0.5) is 0 Å². The van der Waals surface area contributed by atoms with Gasteiger partial charge in [0, 0.05) is 25.2 Å². The van der Waals surface area contributed by atoms with Crippen molar-refractivity contribution in [2.24, 2.45) is 0 Å². The summed E-state index contributed by atoms with van der Waals surface area (Å²) in [6.07, 6.45) is 3.06. The van der Waals surface area contributed by atoms with Gasteiger partial charge in [0.05, 0.1) is 5.75 Å². The third kappa shape index (κ3) is 3.68. The fraction of sp³-hybridized carbons (Fsp3) is 1.00. The molecule has 5 nitrogen and oxygen atoms in total. The number of sulfonamides is 1. The lowest BCUT2D eigenvalue weighted by Crippen LogP contribution is -2.41. The second kappa shape index (κ2) is 6.52. The summed E-state index contributed by atoms with van der Waals surface area (Å²) in [4.78, 5) is 2.36. The lowest BCUT2D eigenvalue weighted by atomic mass is 10.2. The first-order valence-corrected chi connectivity index (χ1v) is 9.13. The Labute approximate surface area is 117 Å². The van der Waals surface area contributed by atoms with Crippen molar-refractivity contribution >= 4 is 10.0 Å². The Kier molecular flexibility index (Phi) is 5.22. The molecule has 112 valence electrons. The van der Waals surface area contributed by atoms with Gasteiger partial charge < -0.3 is 5.32 Å². The minimum Gasteiger partial charge on any atom is -0.313 e. The number of hydrogen-bond donors (Lipinski definition) is 1. The van der Waals surface area contributed by atoms with Gasteiger partial charge >= 0.3 is 0 Å². The van der Waals surface area contributed by atoms with Crippen LogP contribution in [0.1, 0.15) is 33.1 Å². The zero-order chi connectivity index (χ0) is 13.9. The topological polar surface area (TPSA) is 52.7 Å². The fourth-order valence-corrected chi connectivity index (χ4v) is 5.05. The van der Waals surface area contributed by atoms with Crippen LogP contribution in [-0.2, 0) is 10.0 Å². The fourth-order valence-electron chi connectivity index (χ4n) is 3.26. The smallest absolute Gasteiger partial charge is 0.215 e. The van der Waals surface area contributed by atoms with Gasteiger partial charge in [0.1, 0.15) is 0 Å². The number of nitrogens with zero attached hydrogens (tertiary/aromatic N) is 2. The third-order valence-corrected chi connectivity index (χ3v) is 6.36. The average molecular weight is 289 g/mol. The van der Waals surface area contributed by atoms with E-state index >= 15 is 0 Å². The van der Waals surface area contributed by atoms with Crippen molar-refractivity contribution in [2.75, 3.05) is 38.5 Å². The van der Waals surface area contributed by atoms with Gasteiger partial charge in [0.15, 0.2) is 0 Å². The van der Waals surface area contributed by atoms with Gasteiger partial charge in [-0.2, -0.15) is 0 Å². The Morgan fingerprint density at radius 1 is 1.26 bits per heavy atom. The molecule has 6 heteroatoms. The van der Waals surface area contributed by atoms with Crippen LogP contribution < -0.4 is 5.32 Å². The second-order valence-electron chi connectivity index (χ2n) is 5.59. The van der Waals surface area contributed by atoms with Crippen LogP contribution in [0, 0.1) is 0 Å². The molecule has 2 saturated heterocycles. The largest absolute Gasteiger partial charge is 0.313 e. The molecule has 2 atom stereocenters. The SMILES string of the molecule is CCN(CC)C1CCN(S(=O)(=O)CC2CCCN2)C1. The lowest BCUT2D eigenvalue weighted by molar-refractivity contribution is 0.224. The van der Waals surface area contributed by atoms with Crippen LogP contribution in [-0.4, -0.2) is 68.2 Å². The van der Waals surface area contributed by atoms with E-state index in [9.17, 15) is 8.42 Å². The highest BCUT2D eigenvalue weighted by molar-refractivity contribution is 7.89. The zero-order valence-corrected chi connectivity index (χ0v) is 13.0. The van der Waals surface area contributed by atoms with E-state index in [0.717, 1.165) is 38.9 Å². The molecular weight excluding hydrogens is 262 g/mol. The quantitative estimate of drug-likeness (QED) is 0.773. The molecule has 2 fully saturated rings. The van der Waals surface area contributed by atoms with E-state index in [1.165, 1.54) is 0 Å². The molecule has 2 heterocycles. The molecule has 19 heavy (non-hydrogen) atoms. The summed E-state index contributed by atoms with van der Waals surface area (Å²) < 4.78 is 26.5. The van der Waals surface area contributed by atoms with Crippen LogP contribution in [0.3, 0.4) is 0 Å². The summed E-state index contributed by atoms with van der Waals surface area (Å²) in [5.74, 6) is 0.276. The Hall–Kier alpha value is -0.170. The number of likely N-dealkylation sites (N-methyl/N-ethyl adjacent to an activating group) is 1. The van der Waals surface area contributed by atoms with E-state index < -0.39 is 10.0 Å². The highest BCUT2D eigenvalue weighted by Crippen LogP contribution is 2.20. The van der Waals surface area contributed by atoms with Crippen molar-refractivity contribution in [2.45, 2.75) is 45.2 Å². The molecular formula is C13H27N3O2S. The first kappa shape index (κ1) is 15.2. The molecule has 1 N–H and O–H groups in total. The van der Waals surface area contributed by atoms with Crippen molar-refractivity contribution in [3.8, 4) is 0 Å². The summed E-state index contributed by atoms with van der Waals surface area (Å²) in [7, 11) is -3.08. The molecule has 0 aromatic rings. The molecule has 2 aliphatic heterocycles. The molecule has 2 rings (SSSR count). The molecule has 2 aliphatic rings. The van der Waals surface area contributed by atoms with Crippen molar-refractivity contribution < 1.29 is 8.42 Å². The van der Waals surface area contributed by atoms with Crippen LogP contribution >= 0.6 is 0 Å². The molecule has 0 aromatic heterocycles. The molecule has 0 saturated carbocycles. The van der Waals surface area contributed by atoms with Crippen LogP contribution in [0.5, 0.6) is 0 Å². The van der Waals surface area contributed by atoms with Gasteiger partial charge in [-0.05, 0) is 38.9 Å². The summed E-state index contributed by atoms with van der Waals surface area (Å²) in [5, 5.41) is 3.28. The summed E-state index contributed by atoms with van der Waals surface area (Å²) in [5.41, 5.74) is 0. The predicted octanol–water partition coefficient (Wildman–Crippen LogP) is 0.484. The van der Waals surface area contributed by atoms with E-state index in [-0.39, 0.29) is 11.8 Å². The second-order valence-corrected chi connectivity index (χ2v) is 7.61. The maximum atomic E-state index is 12.4. The number of rotatable bonds is 6. The average Bonchev–Trinajstić information content (AvgIpc) is 3.01. The molecule has 0 aliphatic carbocycles. The predicted molar refractivity (Wildman–Crippen MR) is 77.7 cm³/mol. The van der Waals surface area contributed by atoms with E-state index in [1.54, 1.807) is 4.31 Å². The molecule has 0 bridgehead atoms. The van der Waals surface area contributed by atoms with Crippen LogP contribution in [0.25, 0.3) is 0 Å². The Bertz CT molecular complexity index is 375. The van der Waals surface area contributed by atoms with Crippen LogP contribution in [0.15, 0.2) is 0 Å². The van der Waals surface area contributed by atoms with E-state index in [4.69, 9.17) is 0 Å².